The number of nitrogens with one attached hydrogen (secondary N) is 2. The molecule has 0 radical (unpaired) electrons. The molecule has 0 spiro atoms. The van der Waals surface area contributed by atoms with Crippen LogP contribution in [0.25, 0.3) is 0 Å². The number of ketones is 1. The predicted molar refractivity (Wildman–Crippen MR) is 123 cm³/mol. The minimum Gasteiger partial charge on any atom is -0.481 e. The number of nitrogens with zero attached hydrogens (tertiary/aromatic N) is 2. The number of thiophene rings is 1. The molecule has 2 heterocycles. The first kappa shape index (κ1) is 25.2. The number of amides is 4. The van der Waals surface area contributed by atoms with E-state index in [4.69, 9.17) is 5.11 Å². The van der Waals surface area contributed by atoms with Gasteiger partial charge >= 0.3 is 5.97 Å². The summed E-state index contributed by atoms with van der Waals surface area (Å²) in [5, 5.41) is 15.0. The number of carbonyl (C=O) groups is 7. The standard InChI is InChI=1S/C22H20N4O8S/c1-12(28)26-15-6-3-2-5-14(15)25(10-17(29)23-13(11-27)9-18(30)31)22(34)20(26)24-21(33)19(32)16-7-4-8-35-16/h2-8,11,13,20H,9-10H2,1H3,(H,23,29)(H,24,33)(H,30,31). The van der Waals surface area contributed by atoms with Crippen LogP contribution >= 0.6 is 11.3 Å². The fourth-order valence-corrected chi connectivity index (χ4v) is 4.14. The number of aldehydes is 1. The summed E-state index contributed by atoms with van der Waals surface area (Å²) in [5.41, 5.74) is 0.359. The number of Topliss-reactive ketones (excluding diaryl/α,β-unsaturated/α-hetero) is 1. The van der Waals surface area contributed by atoms with Gasteiger partial charge in [-0.3, -0.25) is 38.6 Å². The predicted octanol–water partition coefficient (Wildman–Crippen LogP) is -0.0688. The van der Waals surface area contributed by atoms with E-state index >= 15 is 0 Å². The molecule has 2 aromatic rings. The van der Waals surface area contributed by atoms with Crippen LogP contribution < -0.4 is 20.4 Å². The van der Waals surface area contributed by atoms with E-state index in [1.54, 1.807) is 23.6 Å². The Bertz CT molecular complexity index is 1200. The summed E-state index contributed by atoms with van der Waals surface area (Å²) < 4.78 is 0. The zero-order valence-corrected chi connectivity index (χ0v) is 19.1. The van der Waals surface area contributed by atoms with Crippen LogP contribution in [0.2, 0.25) is 0 Å². The van der Waals surface area contributed by atoms with E-state index in [0.717, 1.165) is 21.1 Å². The van der Waals surface area contributed by atoms with E-state index < -0.39 is 60.6 Å². The molecule has 2 atom stereocenters. The Kier molecular flexibility index (Phi) is 7.71. The summed E-state index contributed by atoms with van der Waals surface area (Å²) in [6.45, 7) is 0.532. The third kappa shape index (κ3) is 5.58. The number of rotatable bonds is 9. The summed E-state index contributed by atoms with van der Waals surface area (Å²) in [4.78, 5) is 87.5. The normalized spacial score (nSPS) is 15.6. The largest absolute Gasteiger partial charge is 0.481 e. The number of anilines is 2. The molecule has 1 aliphatic heterocycles. The van der Waals surface area contributed by atoms with Gasteiger partial charge in [0.2, 0.25) is 11.8 Å². The third-order valence-electron chi connectivity index (χ3n) is 4.96. The van der Waals surface area contributed by atoms with Crippen molar-refractivity contribution in [2.24, 2.45) is 0 Å². The molecule has 1 aliphatic rings. The molecule has 1 aromatic carbocycles. The van der Waals surface area contributed by atoms with Crippen LogP contribution in [0.3, 0.4) is 0 Å². The molecule has 0 bridgehead atoms. The van der Waals surface area contributed by atoms with Crippen LogP contribution in [0.4, 0.5) is 11.4 Å². The van der Waals surface area contributed by atoms with Crippen molar-refractivity contribution >= 4 is 64.4 Å². The Morgan fingerprint density at radius 2 is 1.80 bits per heavy atom. The second kappa shape index (κ2) is 10.7. The molecule has 0 aliphatic carbocycles. The van der Waals surface area contributed by atoms with Crippen molar-refractivity contribution < 1.29 is 38.7 Å². The highest BCUT2D eigenvalue weighted by atomic mass is 32.1. The minimum absolute atomic E-state index is 0.134. The Morgan fingerprint density at radius 1 is 1.11 bits per heavy atom. The van der Waals surface area contributed by atoms with Crippen molar-refractivity contribution in [3.05, 3.63) is 46.7 Å². The first-order chi connectivity index (χ1) is 16.6. The van der Waals surface area contributed by atoms with Gasteiger partial charge in [0.05, 0.1) is 28.7 Å². The number of fused-ring (bicyclic) bond motifs is 1. The van der Waals surface area contributed by atoms with Crippen LogP contribution in [0, 0.1) is 0 Å². The highest BCUT2D eigenvalue weighted by Gasteiger charge is 2.42. The quantitative estimate of drug-likeness (QED) is 0.244. The monoisotopic (exact) mass is 500 g/mol. The van der Waals surface area contributed by atoms with Crippen LogP contribution in [0.5, 0.6) is 0 Å². The summed E-state index contributed by atoms with van der Waals surface area (Å²) in [5.74, 6) is -5.67. The van der Waals surface area contributed by atoms with Gasteiger partial charge < -0.3 is 20.5 Å². The highest BCUT2D eigenvalue weighted by Crippen LogP contribution is 2.35. The number of hydrogen-bond acceptors (Lipinski definition) is 8. The van der Waals surface area contributed by atoms with E-state index in [9.17, 15) is 33.6 Å². The van der Waals surface area contributed by atoms with Crippen molar-refractivity contribution in [1.29, 1.82) is 0 Å². The van der Waals surface area contributed by atoms with Crippen LogP contribution in [-0.4, -0.2) is 65.5 Å². The molecule has 3 N–H and O–H groups in total. The molecular weight excluding hydrogens is 480 g/mol. The molecule has 13 heteroatoms. The first-order valence-electron chi connectivity index (χ1n) is 10.2. The Labute approximate surface area is 202 Å². The second-order valence-electron chi connectivity index (χ2n) is 7.39. The SMILES string of the molecule is CC(=O)N1c2ccccc2N(CC(=O)NC(C=O)CC(=O)O)C(=O)C1NC(=O)C(=O)c1cccs1. The lowest BCUT2D eigenvalue weighted by Crippen LogP contribution is -2.64. The van der Waals surface area contributed by atoms with Crippen LogP contribution in [-0.2, 0) is 28.8 Å². The van der Waals surface area contributed by atoms with Gasteiger partial charge in [-0.15, -0.1) is 11.3 Å². The number of carboxylic acid groups (broad SMARTS) is 1. The number of carbonyl (C=O) groups excluding carboxylic acids is 6. The van der Waals surface area contributed by atoms with Gasteiger partial charge in [0, 0.05) is 6.92 Å². The van der Waals surface area contributed by atoms with Gasteiger partial charge in [-0.25, -0.2) is 0 Å². The molecule has 4 amide bonds. The number of hydrogen-bond donors (Lipinski definition) is 3. The lowest BCUT2D eigenvalue weighted by molar-refractivity contribution is -0.138. The summed E-state index contributed by atoms with van der Waals surface area (Å²) in [6, 6.07) is 7.80. The van der Waals surface area contributed by atoms with E-state index in [1.807, 2.05) is 0 Å². The molecule has 0 saturated heterocycles. The van der Waals surface area contributed by atoms with Crippen molar-refractivity contribution in [2.75, 3.05) is 16.3 Å². The fourth-order valence-electron chi connectivity index (χ4n) is 3.48. The van der Waals surface area contributed by atoms with Crippen molar-refractivity contribution in [2.45, 2.75) is 25.6 Å². The number of para-hydroxylation sites is 2. The lowest BCUT2D eigenvalue weighted by Gasteiger charge is -2.41. The summed E-state index contributed by atoms with van der Waals surface area (Å²) in [7, 11) is 0. The van der Waals surface area contributed by atoms with Crippen molar-refractivity contribution in [3.8, 4) is 0 Å². The molecule has 12 nitrogen and oxygen atoms in total. The molecule has 3 rings (SSSR count). The summed E-state index contributed by atoms with van der Waals surface area (Å²) in [6.07, 6.45) is -2.02. The maximum absolute atomic E-state index is 13.4. The maximum atomic E-state index is 13.4. The zero-order chi connectivity index (χ0) is 25.7. The molecule has 182 valence electrons. The Hall–Kier alpha value is -4.39. The van der Waals surface area contributed by atoms with Gasteiger partial charge in [-0.1, -0.05) is 18.2 Å². The van der Waals surface area contributed by atoms with Gasteiger partial charge in [0.25, 0.3) is 17.6 Å². The molecule has 35 heavy (non-hydrogen) atoms. The molecular formula is C22H20N4O8S. The maximum Gasteiger partial charge on any atom is 0.305 e. The average Bonchev–Trinajstić information content (AvgIpc) is 3.35. The van der Waals surface area contributed by atoms with Crippen molar-refractivity contribution in [1.82, 2.24) is 10.6 Å². The highest BCUT2D eigenvalue weighted by molar-refractivity contribution is 7.13. The first-order valence-corrected chi connectivity index (χ1v) is 11.1. The minimum atomic E-state index is -1.63. The van der Waals surface area contributed by atoms with E-state index in [0.29, 0.717) is 0 Å². The third-order valence-corrected chi connectivity index (χ3v) is 5.82. The van der Waals surface area contributed by atoms with E-state index in [-0.39, 0.29) is 22.5 Å². The van der Waals surface area contributed by atoms with E-state index in [2.05, 4.69) is 10.6 Å². The van der Waals surface area contributed by atoms with Crippen LogP contribution in [0.15, 0.2) is 41.8 Å². The fraction of sp³-hybridized carbons (Fsp3) is 0.227. The van der Waals surface area contributed by atoms with E-state index in [1.165, 1.54) is 25.1 Å². The van der Waals surface area contributed by atoms with Gasteiger partial charge in [-0.05, 0) is 23.6 Å². The molecule has 0 fully saturated rings. The van der Waals surface area contributed by atoms with Crippen molar-refractivity contribution in [3.63, 3.8) is 0 Å². The van der Waals surface area contributed by atoms with Crippen LogP contribution in [0.1, 0.15) is 23.0 Å². The summed E-state index contributed by atoms with van der Waals surface area (Å²) >= 11 is 1.03. The smallest absolute Gasteiger partial charge is 0.305 e. The van der Waals surface area contributed by atoms with Gasteiger partial charge in [0.15, 0.2) is 6.17 Å². The second-order valence-corrected chi connectivity index (χ2v) is 8.34. The van der Waals surface area contributed by atoms with Gasteiger partial charge in [-0.2, -0.15) is 0 Å². The molecule has 0 saturated carbocycles. The van der Waals surface area contributed by atoms with Gasteiger partial charge in [0.1, 0.15) is 12.8 Å². The molecule has 2 unspecified atom stereocenters. The Balaban J connectivity index is 1.91. The topological polar surface area (TPSA) is 170 Å². The number of aliphatic carboxylic acids is 1. The lowest BCUT2D eigenvalue weighted by atomic mass is 10.1. The average molecular weight is 500 g/mol. The zero-order valence-electron chi connectivity index (χ0n) is 18.3. The molecule has 1 aromatic heterocycles. The Morgan fingerprint density at radius 3 is 2.37 bits per heavy atom. The number of carboxylic acids is 1. The number of benzene rings is 1.